The zero-order chi connectivity index (χ0) is 9.68. The van der Waals surface area contributed by atoms with Crippen molar-refractivity contribution in [3.8, 4) is 0 Å². The van der Waals surface area contributed by atoms with Crippen LogP contribution >= 0.6 is 0 Å². The Hall–Kier alpha value is -0.870. The molecule has 0 N–H and O–H groups in total. The van der Waals surface area contributed by atoms with E-state index in [0.29, 0.717) is 6.73 Å². The molecule has 0 radical (unpaired) electrons. The summed E-state index contributed by atoms with van der Waals surface area (Å²) in [5.74, 6) is 1.18. The monoisotopic (exact) mass is 185 g/mol. The highest BCUT2D eigenvalue weighted by Gasteiger charge is 2.10. The van der Waals surface area contributed by atoms with E-state index in [9.17, 15) is 0 Å². The number of nitrogens with zero attached hydrogens (tertiary/aromatic N) is 2. The Morgan fingerprint density at radius 2 is 2.15 bits per heavy atom. The molecule has 0 fully saturated rings. The summed E-state index contributed by atoms with van der Waals surface area (Å²) >= 11 is 0. The van der Waals surface area contributed by atoms with Crippen LogP contribution in [0, 0.1) is 6.92 Å². The number of imidazole rings is 1. The maximum Gasteiger partial charge on any atom is 0.255 e. The summed E-state index contributed by atoms with van der Waals surface area (Å²) in [6, 6.07) is 0. The molecule has 4 nitrogen and oxygen atoms in total. The lowest BCUT2D eigenvalue weighted by molar-refractivity contribution is -0.736. The molecule has 0 aromatic carbocycles. The van der Waals surface area contributed by atoms with Gasteiger partial charge < -0.3 is 9.47 Å². The SMILES string of the molecule is COCCn1cc[n+](COC)c1C. The van der Waals surface area contributed by atoms with Gasteiger partial charge in [-0.3, -0.25) is 0 Å². The van der Waals surface area contributed by atoms with Crippen molar-refractivity contribution < 1.29 is 14.0 Å². The van der Waals surface area contributed by atoms with E-state index >= 15 is 0 Å². The minimum absolute atomic E-state index is 0.603. The number of methoxy groups -OCH3 is 2. The van der Waals surface area contributed by atoms with Gasteiger partial charge >= 0.3 is 0 Å². The second kappa shape index (κ2) is 4.99. The van der Waals surface area contributed by atoms with E-state index in [1.54, 1.807) is 14.2 Å². The van der Waals surface area contributed by atoms with Crippen molar-refractivity contribution in [1.82, 2.24) is 4.57 Å². The fourth-order valence-corrected chi connectivity index (χ4v) is 1.24. The molecule has 4 heteroatoms. The standard InChI is InChI=1S/C9H17N2O2/c1-9-10(6-7-12-2)4-5-11(9)8-13-3/h4-5H,6-8H2,1-3H3/q+1. The quantitative estimate of drug-likeness (QED) is 0.618. The molecule has 0 atom stereocenters. The number of ether oxygens (including phenoxy) is 2. The van der Waals surface area contributed by atoms with Gasteiger partial charge in [0.05, 0.1) is 6.61 Å². The van der Waals surface area contributed by atoms with Crippen LogP contribution in [0.1, 0.15) is 5.82 Å². The van der Waals surface area contributed by atoms with Gasteiger partial charge in [0, 0.05) is 21.1 Å². The summed E-state index contributed by atoms with van der Waals surface area (Å²) in [6.45, 7) is 4.29. The molecule has 1 aromatic heterocycles. The third-order valence-electron chi connectivity index (χ3n) is 2.06. The highest BCUT2D eigenvalue weighted by molar-refractivity contribution is 4.78. The molecular formula is C9H17N2O2+. The van der Waals surface area contributed by atoms with Gasteiger partial charge in [0.15, 0.2) is 6.73 Å². The molecule has 13 heavy (non-hydrogen) atoms. The first-order valence-electron chi connectivity index (χ1n) is 4.32. The molecule has 0 aliphatic carbocycles. The predicted octanol–water partition coefficient (Wildman–Crippen LogP) is 0.334. The summed E-state index contributed by atoms with van der Waals surface area (Å²) in [5.41, 5.74) is 0. The van der Waals surface area contributed by atoms with E-state index in [4.69, 9.17) is 9.47 Å². The lowest BCUT2D eigenvalue weighted by atomic mass is 10.6. The Balaban J connectivity index is 2.62. The zero-order valence-electron chi connectivity index (χ0n) is 8.49. The Morgan fingerprint density at radius 3 is 2.77 bits per heavy atom. The largest absolute Gasteiger partial charge is 0.381 e. The van der Waals surface area contributed by atoms with Gasteiger partial charge in [-0.05, 0) is 0 Å². The van der Waals surface area contributed by atoms with E-state index in [2.05, 4.69) is 16.1 Å². The van der Waals surface area contributed by atoms with Gasteiger partial charge in [0.25, 0.3) is 5.82 Å². The molecule has 0 bridgehead atoms. The van der Waals surface area contributed by atoms with Gasteiger partial charge in [-0.15, -0.1) is 0 Å². The first kappa shape index (κ1) is 10.2. The highest BCUT2D eigenvalue weighted by atomic mass is 16.5. The Bertz CT molecular complexity index is 258. The van der Waals surface area contributed by atoms with Crippen molar-refractivity contribution in [2.75, 3.05) is 20.8 Å². The Kier molecular flexibility index (Phi) is 3.92. The van der Waals surface area contributed by atoms with Crippen LogP contribution in [-0.2, 0) is 22.7 Å². The van der Waals surface area contributed by atoms with E-state index in [1.807, 2.05) is 12.4 Å². The van der Waals surface area contributed by atoms with Gasteiger partial charge in [0.2, 0.25) is 0 Å². The molecule has 0 amide bonds. The number of hydrogen-bond donors (Lipinski definition) is 0. The molecule has 1 aromatic rings. The first-order chi connectivity index (χ1) is 6.29. The van der Waals surface area contributed by atoms with E-state index < -0.39 is 0 Å². The van der Waals surface area contributed by atoms with Crippen LogP contribution in [0.3, 0.4) is 0 Å². The zero-order valence-corrected chi connectivity index (χ0v) is 8.49. The van der Waals surface area contributed by atoms with Gasteiger partial charge in [-0.25, -0.2) is 9.13 Å². The molecule has 0 unspecified atom stereocenters. The first-order valence-corrected chi connectivity index (χ1v) is 4.32. The van der Waals surface area contributed by atoms with Crippen LogP contribution in [0.25, 0.3) is 0 Å². The van der Waals surface area contributed by atoms with E-state index in [1.165, 1.54) is 5.82 Å². The maximum absolute atomic E-state index is 5.04. The topological polar surface area (TPSA) is 27.3 Å². The lowest BCUT2D eigenvalue weighted by Gasteiger charge is -1.99. The highest BCUT2D eigenvalue weighted by Crippen LogP contribution is 1.93. The molecular weight excluding hydrogens is 168 g/mol. The molecule has 0 aliphatic rings. The lowest BCUT2D eigenvalue weighted by Crippen LogP contribution is -2.36. The third kappa shape index (κ3) is 2.54. The summed E-state index contributed by atoms with van der Waals surface area (Å²) < 4.78 is 14.2. The minimum atomic E-state index is 0.603. The van der Waals surface area contributed by atoms with Crippen LogP contribution < -0.4 is 4.57 Å². The number of rotatable bonds is 5. The van der Waals surface area contributed by atoms with Gasteiger partial charge in [-0.2, -0.15) is 0 Å². The van der Waals surface area contributed by atoms with Crippen LogP contribution in [0.15, 0.2) is 12.4 Å². The molecule has 0 aliphatic heterocycles. The minimum Gasteiger partial charge on any atom is -0.381 e. The maximum atomic E-state index is 5.04. The second-order valence-corrected chi connectivity index (χ2v) is 2.92. The van der Waals surface area contributed by atoms with Crippen LogP contribution in [-0.4, -0.2) is 25.4 Å². The Labute approximate surface area is 78.7 Å². The molecule has 0 saturated carbocycles. The van der Waals surface area contributed by atoms with Gasteiger partial charge in [0.1, 0.15) is 18.9 Å². The molecule has 0 saturated heterocycles. The van der Waals surface area contributed by atoms with E-state index in [0.717, 1.165) is 13.2 Å². The number of hydrogen-bond acceptors (Lipinski definition) is 2. The van der Waals surface area contributed by atoms with Crippen LogP contribution in [0.4, 0.5) is 0 Å². The average molecular weight is 185 g/mol. The predicted molar refractivity (Wildman–Crippen MR) is 48.2 cm³/mol. The second-order valence-electron chi connectivity index (χ2n) is 2.92. The fraction of sp³-hybridized carbons (Fsp3) is 0.667. The molecule has 1 rings (SSSR count). The van der Waals surface area contributed by atoms with Crippen molar-refractivity contribution in [2.45, 2.75) is 20.2 Å². The summed E-state index contributed by atoms with van der Waals surface area (Å²) in [5, 5.41) is 0. The smallest absolute Gasteiger partial charge is 0.255 e. The van der Waals surface area contributed by atoms with Crippen molar-refractivity contribution >= 4 is 0 Å². The van der Waals surface area contributed by atoms with Crippen molar-refractivity contribution in [3.05, 3.63) is 18.2 Å². The van der Waals surface area contributed by atoms with Gasteiger partial charge in [-0.1, -0.05) is 0 Å². The number of aromatic nitrogens is 2. The van der Waals surface area contributed by atoms with E-state index in [-0.39, 0.29) is 0 Å². The molecule has 74 valence electrons. The van der Waals surface area contributed by atoms with Crippen molar-refractivity contribution in [3.63, 3.8) is 0 Å². The summed E-state index contributed by atoms with van der Waals surface area (Å²) in [6.07, 6.45) is 4.04. The summed E-state index contributed by atoms with van der Waals surface area (Å²) in [7, 11) is 3.40. The normalized spacial score (nSPS) is 10.7. The Morgan fingerprint density at radius 1 is 1.38 bits per heavy atom. The van der Waals surface area contributed by atoms with Crippen molar-refractivity contribution in [1.29, 1.82) is 0 Å². The van der Waals surface area contributed by atoms with Crippen LogP contribution in [0.2, 0.25) is 0 Å². The van der Waals surface area contributed by atoms with Crippen LogP contribution in [0.5, 0.6) is 0 Å². The summed E-state index contributed by atoms with van der Waals surface area (Å²) in [4.78, 5) is 0. The molecule has 0 spiro atoms. The molecule has 1 heterocycles. The third-order valence-corrected chi connectivity index (χ3v) is 2.06. The average Bonchev–Trinajstić information content (AvgIpc) is 2.46. The fourth-order valence-electron chi connectivity index (χ4n) is 1.24. The van der Waals surface area contributed by atoms with Crippen molar-refractivity contribution in [2.24, 2.45) is 0 Å².